The van der Waals surface area contributed by atoms with Crippen LogP contribution < -0.4 is 0 Å². The van der Waals surface area contributed by atoms with Crippen LogP contribution in [0.15, 0.2) is 0 Å². The average molecular weight is 451 g/mol. The summed E-state index contributed by atoms with van der Waals surface area (Å²) >= 11 is 0. The molecule has 0 fully saturated rings. The van der Waals surface area contributed by atoms with Crippen LogP contribution >= 0.6 is 0 Å². The summed E-state index contributed by atoms with van der Waals surface area (Å²) in [6.07, 6.45) is 6.47. The minimum absolute atomic E-state index is 0.148. The molecule has 31 heavy (non-hydrogen) atoms. The molecule has 0 heterocycles. The summed E-state index contributed by atoms with van der Waals surface area (Å²) < 4.78 is 0. The first kappa shape index (κ1) is 48.4. The van der Waals surface area contributed by atoms with Crippen LogP contribution in [0.3, 0.4) is 0 Å². The molecule has 0 amide bonds. The topological polar surface area (TPSA) is 20.2 Å². The highest BCUT2D eigenvalue weighted by molar-refractivity contribution is 4.56. The Balaban J connectivity index is -0.0000000462. The highest BCUT2D eigenvalue weighted by atomic mass is 16.3. The smallest absolute Gasteiger partial charge is 0.0535 e. The Morgan fingerprint density at radius 1 is 0.452 bits per heavy atom. The van der Waals surface area contributed by atoms with Gasteiger partial charge in [-0.05, 0) is 36.5 Å². The third-order valence-electron chi connectivity index (χ3n) is 5.43. The van der Waals surface area contributed by atoms with Crippen molar-refractivity contribution in [1.82, 2.24) is 0 Å². The van der Waals surface area contributed by atoms with Crippen molar-refractivity contribution in [3.8, 4) is 0 Å². The zero-order valence-electron chi connectivity index (χ0n) is 26.4. The fourth-order valence-corrected chi connectivity index (χ4v) is 1.09. The molecule has 0 aliphatic carbocycles. The summed E-state index contributed by atoms with van der Waals surface area (Å²) in [4.78, 5) is 0. The van der Waals surface area contributed by atoms with E-state index in [4.69, 9.17) is 5.11 Å². The first-order valence-corrected chi connectivity index (χ1v) is 14.1. The van der Waals surface area contributed by atoms with Gasteiger partial charge in [-0.3, -0.25) is 0 Å². The molecule has 0 aliphatic rings. The minimum Gasteiger partial charge on any atom is -0.393 e. The molecule has 0 bridgehead atoms. The van der Waals surface area contributed by atoms with E-state index in [0.717, 1.165) is 23.7 Å². The zero-order valence-corrected chi connectivity index (χ0v) is 26.4. The Kier molecular flexibility index (Phi) is 74.4. The summed E-state index contributed by atoms with van der Waals surface area (Å²) in [6, 6.07) is 0. The van der Waals surface area contributed by atoms with Crippen molar-refractivity contribution in [1.29, 1.82) is 0 Å². The Morgan fingerprint density at radius 3 is 0.677 bits per heavy atom. The fourth-order valence-electron chi connectivity index (χ4n) is 1.09. The Hall–Kier alpha value is -0.0400. The van der Waals surface area contributed by atoms with Crippen LogP contribution in [0.1, 0.15) is 164 Å². The maximum atomic E-state index is 8.63. The number of hydrogen-bond acceptors (Lipinski definition) is 1. The van der Waals surface area contributed by atoms with Crippen LogP contribution in [-0.2, 0) is 0 Å². The van der Waals surface area contributed by atoms with E-state index in [9.17, 15) is 0 Å². The predicted molar refractivity (Wildman–Crippen MR) is 154 cm³/mol. The van der Waals surface area contributed by atoms with Gasteiger partial charge in [-0.15, -0.1) is 0 Å². The molecule has 0 aromatic heterocycles. The summed E-state index contributed by atoms with van der Waals surface area (Å²) in [7, 11) is 0. The van der Waals surface area contributed by atoms with Crippen molar-refractivity contribution in [3.63, 3.8) is 0 Å². The molecule has 0 radical (unpaired) electrons. The van der Waals surface area contributed by atoms with Gasteiger partial charge in [-0.1, -0.05) is 157 Å². The predicted octanol–water partition coefficient (Wildman–Crippen LogP) is 11.7. The molecule has 1 nitrogen and oxygen atoms in total. The molecule has 0 saturated carbocycles. The Bertz CT molecular complexity index is 190. The van der Waals surface area contributed by atoms with E-state index in [1.807, 2.05) is 55.4 Å². The monoisotopic (exact) mass is 451 g/mol. The molecular formula is C30H74O. The lowest BCUT2D eigenvalue weighted by Gasteiger charge is -2.14. The second-order valence-corrected chi connectivity index (χ2v) is 8.48. The van der Waals surface area contributed by atoms with Gasteiger partial charge in [0.1, 0.15) is 0 Å². The fraction of sp³-hybridized carbons (Fsp3) is 1.00. The molecule has 1 N–H and O–H groups in total. The summed E-state index contributed by atoms with van der Waals surface area (Å²) in [5.41, 5.74) is 0. The van der Waals surface area contributed by atoms with Crippen LogP contribution in [0, 0.1) is 29.6 Å². The van der Waals surface area contributed by atoms with Gasteiger partial charge in [0.15, 0.2) is 0 Å². The molecule has 0 saturated heterocycles. The maximum absolute atomic E-state index is 8.63. The van der Waals surface area contributed by atoms with Gasteiger partial charge in [0.05, 0.1) is 6.10 Å². The lowest BCUT2D eigenvalue weighted by Crippen LogP contribution is -2.07. The second-order valence-electron chi connectivity index (χ2n) is 8.48. The van der Waals surface area contributed by atoms with Crippen molar-refractivity contribution < 1.29 is 5.11 Å². The lowest BCUT2D eigenvalue weighted by atomic mass is 9.92. The van der Waals surface area contributed by atoms with Crippen molar-refractivity contribution >= 4 is 0 Å². The van der Waals surface area contributed by atoms with Crippen LogP contribution in [0.5, 0.6) is 0 Å². The largest absolute Gasteiger partial charge is 0.393 e. The van der Waals surface area contributed by atoms with Gasteiger partial charge in [-0.25, -0.2) is 0 Å². The normalized spacial score (nSPS) is 11.7. The van der Waals surface area contributed by atoms with Gasteiger partial charge in [0, 0.05) is 0 Å². The van der Waals surface area contributed by atoms with Crippen LogP contribution in [0.4, 0.5) is 0 Å². The molecule has 3 unspecified atom stereocenters. The molecule has 3 atom stereocenters. The zero-order chi connectivity index (χ0) is 27.0. The molecular weight excluding hydrogens is 376 g/mol. The highest BCUT2D eigenvalue weighted by Gasteiger charge is 2.05. The second kappa shape index (κ2) is 47.7. The lowest BCUT2D eigenvalue weighted by molar-refractivity contribution is 0.144. The van der Waals surface area contributed by atoms with Gasteiger partial charge in [0.25, 0.3) is 0 Å². The van der Waals surface area contributed by atoms with Gasteiger partial charge >= 0.3 is 0 Å². The van der Waals surface area contributed by atoms with Crippen LogP contribution in [0.2, 0.25) is 0 Å². The number of rotatable bonds is 7. The first-order chi connectivity index (χ1) is 14.4. The number of aliphatic hydroxyl groups is 1. The molecule has 0 rings (SSSR count). The van der Waals surface area contributed by atoms with Gasteiger partial charge < -0.3 is 5.11 Å². The molecule has 0 aromatic carbocycles. The maximum Gasteiger partial charge on any atom is 0.0535 e. The quantitative estimate of drug-likeness (QED) is 0.408. The molecule has 0 spiro atoms. The summed E-state index contributed by atoms with van der Waals surface area (Å²) in [5.74, 6) is 4.06. The van der Waals surface area contributed by atoms with E-state index in [-0.39, 0.29) is 6.10 Å². The van der Waals surface area contributed by atoms with Crippen molar-refractivity contribution in [2.75, 3.05) is 0 Å². The van der Waals surface area contributed by atoms with E-state index in [1.165, 1.54) is 32.1 Å². The number of hydrogen-bond donors (Lipinski definition) is 1. The highest BCUT2D eigenvalue weighted by Crippen LogP contribution is 2.16. The van der Waals surface area contributed by atoms with E-state index >= 15 is 0 Å². The van der Waals surface area contributed by atoms with E-state index in [2.05, 4.69) is 69.2 Å². The Labute approximate surface area is 204 Å². The van der Waals surface area contributed by atoms with Gasteiger partial charge in [0.2, 0.25) is 0 Å². The standard InChI is InChI=1S/C8H18.C6H14.C5H12O.C5H12.3C2H6/c1-5-7(3)8(4)6-2;1-4-6(3)5-2;1-4(2)5(3)6;1-4-5(2)3;3*1-2/h7-8H,5-6H2,1-4H3;6H,4-5H2,1-3H3;4-6H,1-3H3;5H,4H2,1-3H3;3*1-2H3. The van der Waals surface area contributed by atoms with Gasteiger partial charge in [-0.2, -0.15) is 0 Å². The van der Waals surface area contributed by atoms with E-state index in [0.29, 0.717) is 5.92 Å². The Morgan fingerprint density at radius 2 is 0.645 bits per heavy atom. The first-order valence-electron chi connectivity index (χ1n) is 14.1. The molecule has 0 aliphatic heterocycles. The van der Waals surface area contributed by atoms with Crippen molar-refractivity contribution in [3.05, 3.63) is 0 Å². The van der Waals surface area contributed by atoms with Crippen LogP contribution in [-0.4, -0.2) is 11.2 Å². The minimum atomic E-state index is -0.148. The SMILES string of the molecule is CC.CC.CC.CC(C)C(C)O.CCC(C)C.CCC(C)C(C)CC.CCC(C)CC. The molecule has 200 valence electrons. The third kappa shape index (κ3) is 72.6. The van der Waals surface area contributed by atoms with Crippen LogP contribution in [0.25, 0.3) is 0 Å². The number of aliphatic hydroxyl groups excluding tert-OH is 1. The molecule has 1 heteroatoms. The molecule has 0 aromatic rings. The summed E-state index contributed by atoms with van der Waals surface area (Å²) in [5, 5.41) is 8.63. The van der Waals surface area contributed by atoms with Crippen molar-refractivity contribution in [2.24, 2.45) is 29.6 Å². The average Bonchev–Trinajstić information content (AvgIpc) is 2.82. The summed E-state index contributed by atoms with van der Waals surface area (Å²) in [6.45, 7) is 40.3. The van der Waals surface area contributed by atoms with Crippen molar-refractivity contribution in [2.45, 2.75) is 170 Å². The third-order valence-corrected chi connectivity index (χ3v) is 5.43. The van der Waals surface area contributed by atoms with E-state index in [1.54, 1.807) is 6.92 Å². The van der Waals surface area contributed by atoms with E-state index < -0.39 is 0 Å².